The molecule has 0 fully saturated rings. The number of aromatic nitrogens is 3. The van der Waals surface area contributed by atoms with Gasteiger partial charge in [-0.25, -0.2) is 4.68 Å². The van der Waals surface area contributed by atoms with E-state index < -0.39 is 5.60 Å². The molecule has 3 rings (SSSR count). The third-order valence-electron chi connectivity index (χ3n) is 4.81. The summed E-state index contributed by atoms with van der Waals surface area (Å²) in [7, 11) is 0. The van der Waals surface area contributed by atoms with Gasteiger partial charge in [-0.3, -0.25) is 4.79 Å². The Morgan fingerprint density at radius 2 is 1.70 bits per heavy atom. The van der Waals surface area contributed by atoms with Crippen molar-refractivity contribution in [3.05, 3.63) is 76.5 Å². The zero-order chi connectivity index (χ0) is 21.7. The summed E-state index contributed by atoms with van der Waals surface area (Å²) in [6, 6.07) is 14.2. The lowest BCUT2D eigenvalue weighted by atomic mass is 9.99. The minimum absolute atomic E-state index is 0.135. The number of ether oxygens (including phenoxy) is 1. The molecular weight excluding hydrogens is 423 g/mol. The Morgan fingerprint density at radius 3 is 2.27 bits per heavy atom. The molecule has 0 radical (unpaired) electrons. The van der Waals surface area contributed by atoms with Crippen molar-refractivity contribution in [3.8, 4) is 5.75 Å². The Kier molecular flexibility index (Phi) is 7.00. The second kappa shape index (κ2) is 9.49. The Balaban J connectivity index is 1.72. The number of amides is 1. The van der Waals surface area contributed by atoms with E-state index in [0.717, 1.165) is 5.56 Å². The van der Waals surface area contributed by atoms with E-state index in [1.54, 1.807) is 55.2 Å². The number of carbonyl (C=O) groups excluding carboxylic acids is 1. The molecule has 1 heterocycles. The lowest BCUT2D eigenvalue weighted by Crippen LogP contribution is -2.51. The van der Waals surface area contributed by atoms with E-state index in [1.807, 2.05) is 31.2 Å². The van der Waals surface area contributed by atoms with Gasteiger partial charge in [-0.1, -0.05) is 40.5 Å². The molecule has 0 bridgehead atoms. The van der Waals surface area contributed by atoms with Crippen molar-refractivity contribution in [2.75, 3.05) is 0 Å². The molecule has 1 amide bonds. The summed E-state index contributed by atoms with van der Waals surface area (Å²) in [6.45, 7) is 5.40. The molecule has 2 unspecified atom stereocenters. The van der Waals surface area contributed by atoms with Crippen molar-refractivity contribution >= 4 is 29.1 Å². The molecule has 3 aromatic rings. The zero-order valence-electron chi connectivity index (χ0n) is 17.0. The molecule has 0 aliphatic rings. The second-order valence-electron chi connectivity index (χ2n) is 7.61. The van der Waals surface area contributed by atoms with Gasteiger partial charge in [0.1, 0.15) is 5.75 Å². The number of carbonyl (C=O) groups is 1. The summed E-state index contributed by atoms with van der Waals surface area (Å²) in [5, 5.41) is 12.4. The fraction of sp³-hybridized carbons (Fsp3) is 0.318. The van der Waals surface area contributed by atoms with Crippen LogP contribution >= 0.6 is 23.2 Å². The minimum atomic E-state index is -1.07. The molecule has 2 aromatic carbocycles. The Labute approximate surface area is 186 Å². The maximum absolute atomic E-state index is 13.0. The van der Waals surface area contributed by atoms with Gasteiger partial charge in [-0.2, -0.15) is 0 Å². The first-order valence-electron chi connectivity index (χ1n) is 9.60. The Hall–Kier alpha value is -2.57. The monoisotopic (exact) mass is 446 g/mol. The van der Waals surface area contributed by atoms with Crippen LogP contribution in [-0.4, -0.2) is 32.5 Å². The lowest BCUT2D eigenvalue weighted by molar-refractivity contribution is -0.135. The number of rotatable bonds is 8. The van der Waals surface area contributed by atoms with Crippen LogP contribution in [0.5, 0.6) is 5.75 Å². The molecule has 0 aliphatic heterocycles. The quantitative estimate of drug-likeness (QED) is 0.542. The highest BCUT2D eigenvalue weighted by Gasteiger charge is 2.33. The SMILES string of the molecule is CC(NC(=O)C(C)(C)Oc1ccc(Cl)cc1)C(Cc1ccc(Cl)cc1)n1ccnn1. The average Bonchev–Trinajstić information content (AvgIpc) is 3.23. The Morgan fingerprint density at radius 1 is 1.10 bits per heavy atom. The largest absolute Gasteiger partial charge is 0.478 e. The average molecular weight is 447 g/mol. The van der Waals surface area contributed by atoms with Crippen molar-refractivity contribution in [2.24, 2.45) is 0 Å². The first-order chi connectivity index (χ1) is 14.2. The van der Waals surface area contributed by atoms with Gasteiger partial charge in [-0.05, 0) is 69.2 Å². The minimum Gasteiger partial charge on any atom is -0.478 e. The van der Waals surface area contributed by atoms with E-state index in [1.165, 1.54) is 0 Å². The van der Waals surface area contributed by atoms with E-state index in [0.29, 0.717) is 22.2 Å². The number of halogens is 2. The highest BCUT2D eigenvalue weighted by Crippen LogP contribution is 2.23. The number of nitrogens with zero attached hydrogens (tertiary/aromatic N) is 3. The van der Waals surface area contributed by atoms with Crippen LogP contribution < -0.4 is 10.1 Å². The molecule has 30 heavy (non-hydrogen) atoms. The standard InChI is InChI=1S/C22H24Cl2N4O2/c1-15(26-21(29)22(2,3)30-19-10-8-18(24)9-11-19)20(28-13-12-25-27-28)14-16-4-6-17(23)7-5-16/h4-13,15,20H,14H2,1-3H3,(H,26,29). The molecule has 0 saturated carbocycles. The van der Waals surface area contributed by atoms with Crippen LogP contribution in [0.15, 0.2) is 60.9 Å². The van der Waals surface area contributed by atoms with Crippen LogP contribution in [-0.2, 0) is 11.2 Å². The molecular formula is C22H24Cl2N4O2. The maximum Gasteiger partial charge on any atom is 0.263 e. The van der Waals surface area contributed by atoms with Crippen molar-refractivity contribution in [3.63, 3.8) is 0 Å². The first-order valence-corrected chi connectivity index (χ1v) is 10.4. The van der Waals surface area contributed by atoms with Gasteiger partial charge in [0.2, 0.25) is 0 Å². The van der Waals surface area contributed by atoms with E-state index in [-0.39, 0.29) is 18.0 Å². The number of hydrogen-bond acceptors (Lipinski definition) is 4. The van der Waals surface area contributed by atoms with Crippen molar-refractivity contribution in [1.82, 2.24) is 20.3 Å². The summed E-state index contributed by atoms with van der Waals surface area (Å²) < 4.78 is 7.66. The predicted molar refractivity (Wildman–Crippen MR) is 118 cm³/mol. The van der Waals surface area contributed by atoms with Crippen LogP contribution in [0, 0.1) is 0 Å². The highest BCUT2D eigenvalue weighted by atomic mass is 35.5. The van der Waals surface area contributed by atoms with Crippen molar-refractivity contribution < 1.29 is 9.53 Å². The summed E-state index contributed by atoms with van der Waals surface area (Å²) in [5.74, 6) is 0.340. The van der Waals surface area contributed by atoms with E-state index in [9.17, 15) is 4.79 Å². The summed E-state index contributed by atoms with van der Waals surface area (Å²) in [5.41, 5.74) is 0.00705. The Bertz CT molecular complexity index is 958. The van der Waals surface area contributed by atoms with Crippen molar-refractivity contribution in [2.45, 2.75) is 44.9 Å². The van der Waals surface area contributed by atoms with Crippen molar-refractivity contribution in [1.29, 1.82) is 0 Å². The molecule has 1 N–H and O–H groups in total. The maximum atomic E-state index is 13.0. The van der Waals surface area contributed by atoms with Crippen LogP contribution in [0.2, 0.25) is 10.0 Å². The fourth-order valence-electron chi connectivity index (χ4n) is 3.08. The molecule has 8 heteroatoms. The van der Waals surface area contributed by atoms with Gasteiger partial charge in [-0.15, -0.1) is 5.10 Å². The lowest BCUT2D eigenvalue weighted by Gasteiger charge is -2.30. The number of hydrogen-bond donors (Lipinski definition) is 1. The molecule has 0 saturated heterocycles. The van der Waals surface area contributed by atoms with E-state index in [4.69, 9.17) is 27.9 Å². The third-order valence-corrected chi connectivity index (χ3v) is 5.31. The van der Waals surface area contributed by atoms with Gasteiger partial charge in [0.05, 0.1) is 12.2 Å². The van der Waals surface area contributed by atoms with Crippen LogP contribution in [0.4, 0.5) is 0 Å². The van der Waals surface area contributed by atoms with Gasteiger partial charge in [0, 0.05) is 22.3 Å². The van der Waals surface area contributed by atoms with E-state index in [2.05, 4.69) is 15.6 Å². The molecule has 1 aromatic heterocycles. The summed E-state index contributed by atoms with van der Waals surface area (Å²) >= 11 is 11.9. The number of nitrogens with one attached hydrogen (secondary N) is 1. The summed E-state index contributed by atoms with van der Waals surface area (Å²) in [4.78, 5) is 13.0. The molecule has 0 aliphatic carbocycles. The molecule has 0 spiro atoms. The smallest absolute Gasteiger partial charge is 0.263 e. The van der Waals surface area contributed by atoms with Crippen LogP contribution in [0.25, 0.3) is 0 Å². The summed E-state index contributed by atoms with van der Waals surface area (Å²) in [6.07, 6.45) is 4.07. The van der Waals surface area contributed by atoms with Gasteiger partial charge < -0.3 is 10.1 Å². The molecule has 6 nitrogen and oxygen atoms in total. The molecule has 2 atom stereocenters. The van der Waals surface area contributed by atoms with Gasteiger partial charge >= 0.3 is 0 Å². The topological polar surface area (TPSA) is 69.0 Å². The van der Waals surface area contributed by atoms with Crippen LogP contribution in [0.1, 0.15) is 32.4 Å². The van der Waals surface area contributed by atoms with Crippen LogP contribution in [0.3, 0.4) is 0 Å². The number of benzene rings is 2. The third kappa shape index (κ3) is 5.74. The van der Waals surface area contributed by atoms with E-state index >= 15 is 0 Å². The molecule has 158 valence electrons. The fourth-order valence-corrected chi connectivity index (χ4v) is 3.33. The van der Waals surface area contributed by atoms with Gasteiger partial charge in [0.25, 0.3) is 5.91 Å². The normalized spacial score (nSPS) is 13.5. The highest BCUT2D eigenvalue weighted by molar-refractivity contribution is 6.30. The van der Waals surface area contributed by atoms with Gasteiger partial charge in [0.15, 0.2) is 5.60 Å². The zero-order valence-corrected chi connectivity index (χ0v) is 18.6. The predicted octanol–water partition coefficient (Wildman–Crippen LogP) is 4.73. The first kappa shape index (κ1) is 22.1. The second-order valence-corrected chi connectivity index (χ2v) is 8.48.